The molecule has 1 saturated heterocycles. The summed E-state index contributed by atoms with van der Waals surface area (Å²) in [5, 5.41) is 7.19. The summed E-state index contributed by atoms with van der Waals surface area (Å²) < 4.78 is 5.48. The minimum absolute atomic E-state index is 0.0194. The van der Waals surface area contributed by atoms with Crippen LogP contribution in [-0.4, -0.2) is 44.1 Å². The molecule has 1 fully saturated rings. The monoisotopic (exact) mass is 407 g/mol. The van der Waals surface area contributed by atoms with Crippen molar-refractivity contribution in [3.05, 3.63) is 48.9 Å². The molecule has 1 N–H and O–H groups in total. The minimum Gasteiger partial charge on any atom is -0.344 e. The second kappa shape index (κ2) is 8.98. The molecule has 0 bridgehead atoms. The molecular weight excluding hydrogens is 382 g/mol. The van der Waals surface area contributed by atoms with Crippen LogP contribution in [0.5, 0.6) is 0 Å². The fourth-order valence-corrected chi connectivity index (χ4v) is 3.56. The largest absolute Gasteiger partial charge is 0.344 e. The van der Waals surface area contributed by atoms with Crippen molar-refractivity contribution in [2.75, 3.05) is 18.0 Å². The third kappa shape index (κ3) is 4.45. The van der Waals surface area contributed by atoms with Crippen LogP contribution in [0, 0.1) is 11.8 Å². The Kier molecular flexibility index (Phi) is 5.97. The Morgan fingerprint density at radius 3 is 2.50 bits per heavy atom. The Bertz CT molecular complexity index is 954. The van der Waals surface area contributed by atoms with E-state index >= 15 is 0 Å². The lowest BCUT2D eigenvalue weighted by Crippen LogP contribution is -2.43. The van der Waals surface area contributed by atoms with Gasteiger partial charge in [-0.05, 0) is 37.0 Å². The van der Waals surface area contributed by atoms with Crippen LogP contribution in [-0.2, 0) is 4.79 Å². The van der Waals surface area contributed by atoms with Gasteiger partial charge in [-0.1, -0.05) is 19.0 Å². The molecule has 9 heteroatoms. The maximum Gasteiger partial charge on any atom is 0.249 e. The smallest absolute Gasteiger partial charge is 0.249 e. The lowest BCUT2D eigenvalue weighted by atomic mass is 9.94. The van der Waals surface area contributed by atoms with E-state index < -0.39 is 0 Å². The van der Waals surface area contributed by atoms with E-state index in [0.29, 0.717) is 17.7 Å². The van der Waals surface area contributed by atoms with Crippen LogP contribution in [0.3, 0.4) is 0 Å². The zero-order valence-electron chi connectivity index (χ0n) is 17.1. The molecule has 1 amide bonds. The molecule has 3 aromatic heterocycles. The molecule has 1 aliphatic heterocycles. The Morgan fingerprint density at radius 2 is 1.83 bits per heavy atom. The van der Waals surface area contributed by atoms with E-state index in [4.69, 9.17) is 4.52 Å². The predicted octanol–water partition coefficient (Wildman–Crippen LogP) is 2.65. The number of anilines is 1. The Morgan fingerprint density at radius 1 is 1.13 bits per heavy atom. The number of aromatic nitrogens is 5. The molecule has 1 unspecified atom stereocenters. The van der Waals surface area contributed by atoms with Gasteiger partial charge in [0.1, 0.15) is 6.04 Å². The minimum atomic E-state index is -0.337. The van der Waals surface area contributed by atoms with Crippen LogP contribution in [0.4, 0.5) is 5.95 Å². The molecule has 1 atom stereocenters. The molecule has 0 saturated carbocycles. The van der Waals surface area contributed by atoms with E-state index in [-0.39, 0.29) is 23.8 Å². The maximum absolute atomic E-state index is 12.9. The van der Waals surface area contributed by atoms with E-state index in [1.807, 2.05) is 26.0 Å². The molecule has 0 radical (unpaired) electrons. The van der Waals surface area contributed by atoms with Gasteiger partial charge in [-0.15, -0.1) is 0 Å². The normalized spacial score (nSPS) is 15.9. The first-order valence-corrected chi connectivity index (χ1v) is 10.2. The van der Waals surface area contributed by atoms with Crippen LogP contribution in [0.25, 0.3) is 11.4 Å². The Hall–Kier alpha value is -3.36. The van der Waals surface area contributed by atoms with Crippen molar-refractivity contribution in [1.82, 2.24) is 30.4 Å². The van der Waals surface area contributed by atoms with Crippen molar-refractivity contribution in [1.29, 1.82) is 0 Å². The number of piperidine rings is 1. The molecule has 3 aromatic rings. The lowest BCUT2D eigenvalue weighted by Gasteiger charge is -2.32. The van der Waals surface area contributed by atoms with Crippen LogP contribution in [0.15, 0.2) is 47.5 Å². The number of hydrogen-bond donors (Lipinski definition) is 1. The van der Waals surface area contributed by atoms with Crippen LogP contribution < -0.4 is 10.2 Å². The first-order valence-electron chi connectivity index (χ1n) is 10.2. The van der Waals surface area contributed by atoms with Crippen LogP contribution in [0.1, 0.15) is 38.6 Å². The molecule has 4 rings (SSSR count). The summed E-state index contributed by atoms with van der Waals surface area (Å²) >= 11 is 0. The highest BCUT2D eigenvalue weighted by Gasteiger charge is 2.30. The molecule has 9 nitrogen and oxygen atoms in total. The van der Waals surface area contributed by atoms with Gasteiger partial charge in [0, 0.05) is 49.4 Å². The second-order valence-corrected chi connectivity index (χ2v) is 7.73. The summed E-state index contributed by atoms with van der Waals surface area (Å²) in [6.07, 6.45) is 8.33. The SMILES string of the molecule is CC(C)C(NC(=O)C1CCN(c2ncccn2)CC1)c1nc(-c2ccncc2)no1. The third-order valence-electron chi connectivity index (χ3n) is 5.31. The zero-order chi connectivity index (χ0) is 20.9. The van der Waals surface area contributed by atoms with Crippen LogP contribution >= 0.6 is 0 Å². The topological polar surface area (TPSA) is 110 Å². The number of carbonyl (C=O) groups excluding carboxylic acids is 1. The van der Waals surface area contributed by atoms with Gasteiger partial charge in [0.2, 0.25) is 23.6 Å². The highest BCUT2D eigenvalue weighted by atomic mass is 16.5. The average molecular weight is 407 g/mol. The molecule has 156 valence electrons. The van der Waals surface area contributed by atoms with E-state index in [9.17, 15) is 4.79 Å². The summed E-state index contributed by atoms with van der Waals surface area (Å²) in [7, 11) is 0. The molecule has 0 aliphatic carbocycles. The lowest BCUT2D eigenvalue weighted by molar-refractivity contribution is -0.126. The maximum atomic E-state index is 12.9. The highest BCUT2D eigenvalue weighted by Crippen LogP contribution is 2.26. The fourth-order valence-electron chi connectivity index (χ4n) is 3.56. The van der Waals surface area contributed by atoms with Crippen molar-refractivity contribution in [2.24, 2.45) is 11.8 Å². The van der Waals surface area contributed by atoms with Crippen molar-refractivity contribution in [3.8, 4) is 11.4 Å². The number of hydrogen-bond acceptors (Lipinski definition) is 8. The quantitative estimate of drug-likeness (QED) is 0.664. The Balaban J connectivity index is 1.39. The predicted molar refractivity (Wildman–Crippen MR) is 110 cm³/mol. The summed E-state index contributed by atoms with van der Waals surface area (Å²) in [6, 6.07) is 5.10. The van der Waals surface area contributed by atoms with E-state index in [1.54, 1.807) is 30.9 Å². The first-order chi connectivity index (χ1) is 14.6. The van der Waals surface area contributed by atoms with Gasteiger partial charge < -0.3 is 14.7 Å². The zero-order valence-corrected chi connectivity index (χ0v) is 17.1. The molecule has 0 spiro atoms. The van der Waals surface area contributed by atoms with E-state index in [2.05, 4.69) is 35.3 Å². The van der Waals surface area contributed by atoms with E-state index in [1.165, 1.54) is 0 Å². The first kappa shape index (κ1) is 19.9. The van der Waals surface area contributed by atoms with Gasteiger partial charge in [-0.3, -0.25) is 9.78 Å². The van der Waals surface area contributed by atoms with Crippen molar-refractivity contribution in [3.63, 3.8) is 0 Å². The molecule has 0 aromatic carbocycles. The van der Waals surface area contributed by atoms with Gasteiger partial charge in [0.25, 0.3) is 0 Å². The number of rotatable bonds is 6. The highest BCUT2D eigenvalue weighted by molar-refractivity contribution is 5.79. The number of amides is 1. The summed E-state index contributed by atoms with van der Waals surface area (Å²) in [5.41, 5.74) is 0.823. The number of nitrogens with one attached hydrogen (secondary N) is 1. The van der Waals surface area contributed by atoms with Gasteiger partial charge in [-0.2, -0.15) is 4.98 Å². The van der Waals surface area contributed by atoms with Crippen molar-refractivity contribution < 1.29 is 9.32 Å². The standard InChI is InChI=1S/C21H25N7O2/c1-14(2)17(20-26-18(27-30-20)15-4-10-22-11-5-15)25-19(29)16-6-12-28(13-7-16)21-23-8-3-9-24-21/h3-5,8-11,14,16-17H,6-7,12-13H2,1-2H3,(H,25,29). The van der Waals surface area contributed by atoms with Crippen molar-refractivity contribution >= 4 is 11.9 Å². The summed E-state index contributed by atoms with van der Waals surface area (Å²) in [6.45, 7) is 5.55. The Labute approximate surface area is 175 Å². The molecular formula is C21H25N7O2. The van der Waals surface area contributed by atoms with Crippen molar-refractivity contribution in [2.45, 2.75) is 32.7 Å². The third-order valence-corrected chi connectivity index (χ3v) is 5.31. The molecule has 1 aliphatic rings. The molecule has 4 heterocycles. The van der Waals surface area contributed by atoms with E-state index in [0.717, 1.165) is 31.5 Å². The second-order valence-electron chi connectivity index (χ2n) is 7.73. The van der Waals surface area contributed by atoms with Gasteiger partial charge in [0.15, 0.2) is 0 Å². The van der Waals surface area contributed by atoms with Gasteiger partial charge in [0.05, 0.1) is 0 Å². The summed E-state index contributed by atoms with van der Waals surface area (Å²) in [4.78, 5) is 32.2. The van der Waals surface area contributed by atoms with Crippen LogP contribution in [0.2, 0.25) is 0 Å². The number of nitrogens with zero attached hydrogens (tertiary/aromatic N) is 6. The average Bonchev–Trinajstić information content (AvgIpc) is 3.28. The van der Waals surface area contributed by atoms with Gasteiger partial charge >= 0.3 is 0 Å². The fraction of sp³-hybridized carbons (Fsp3) is 0.429. The molecule has 30 heavy (non-hydrogen) atoms. The van der Waals surface area contributed by atoms with Gasteiger partial charge in [-0.25, -0.2) is 9.97 Å². The number of carbonyl (C=O) groups is 1. The summed E-state index contributed by atoms with van der Waals surface area (Å²) in [5.74, 6) is 1.69. The number of pyridine rings is 1.